The van der Waals surface area contributed by atoms with Gasteiger partial charge in [0.2, 0.25) is 6.79 Å². The van der Waals surface area contributed by atoms with Crippen LogP contribution in [0.2, 0.25) is 5.02 Å². The third kappa shape index (κ3) is 1.35. The molecule has 2 rings (SSSR count). The van der Waals surface area contributed by atoms with Gasteiger partial charge in [0.1, 0.15) is 5.75 Å². The van der Waals surface area contributed by atoms with E-state index in [0.717, 1.165) is 0 Å². The minimum Gasteiger partial charge on any atom is -0.506 e. The van der Waals surface area contributed by atoms with Crippen LogP contribution in [0.1, 0.15) is 5.56 Å². The zero-order valence-electron chi connectivity index (χ0n) is 7.08. The molecule has 0 saturated carbocycles. The van der Waals surface area contributed by atoms with Crippen molar-refractivity contribution in [1.82, 2.24) is 5.48 Å². The summed E-state index contributed by atoms with van der Waals surface area (Å²) in [5.41, 5.74) is 2.31. The lowest BCUT2D eigenvalue weighted by Gasteiger charge is -2.08. The number of ether oxygens (including phenoxy) is 2. The number of hydroxylamine groups is 1. The lowest BCUT2D eigenvalue weighted by molar-refractivity contribution is 0.154. The van der Waals surface area contributed by atoms with Crippen LogP contribution in [0, 0.1) is 0 Å². The van der Waals surface area contributed by atoms with Gasteiger partial charge in [-0.15, -0.1) is 0 Å². The van der Waals surface area contributed by atoms with Crippen molar-refractivity contribution in [2.45, 2.75) is 6.54 Å². The van der Waals surface area contributed by atoms with Gasteiger partial charge < -0.3 is 19.8 Å². The fraction of sp³-hybridized carbons (Fsp3) is 0.250. The number of hydrogen-bond donors (Lipinski definition) is 3. The van der Waals surface area contributed by atoms with Crippen molar-refractivity contribution < 1.29 is 19.8 Å². The lowest BCUT2D eigenvalue weighted by Crippen LogP contribution is -2.07. The quantitative estimate of drug-likeness (QED) is 0.651. The second-order valence-electron chi connectivity index (χ2n) is 2.75. The molecule has 1 aromatic carbocycles. The molecule has 76 valence electrons. The van der Waals surface area contributed by atoms with Crippen molar-refractivity contribution in [2.24, 2.45) is 0 Å². The van der Waals surface area contributed by atoms with E-state index in [1.54, 1.807) is 0 Å². The molecule has 0 saturated heterocycles. The second-order valence-corrected chi connectivity index (χ2v) is 3.16. The molecule has 0 aromatic heterocycles. The number of phenolic OH excluding ortho intramolecular Hbond substituents is 1. The van der Waals surface area contributed by atoms with Crippen LogP contribution < -0.4 is 15.0 Å². The zero-order chi connectivity index (χ0) is 10.1. The Morgan fingerprint density at radius 1 is 1.50 bits per heavy atom. The largest absolute Gasteiger partial charge is 0.506 e. The number of hydrogen-bond acceptors (Lipinski definition) is 5. The molecule has 0 radical (unpaired) electrons. The fourth-order valence-corrected chi connectivity index (χ4v) is 1.52. The molecule has 14 heavy (non-hydrogen) atoms. The Hall–Kier alpha value is -1.17. The molecule has 5 nitrogen and oxygen atoms in total. The number of aromatic hydroxyl groups is 1. The van der Waals surface area contributed by atoms with E-state index in [4.69, 9.17) is 26.3 Å². The molecule has 0 bridgehead atoms. The number of fused-ring (bicyclic) bond motifs is 1. The van der Waals surface area contributed by atoms with Gasteiger partial charge in [-0.25, -0.2) is 5.48 Å². The third-order valence-corrected chi connectivity index (χ3v) is 2.23. The molecule has 0 spiro atoms. The molecule has 0 atom stereocenters. The molecule has 0 fully saturated rings. The van der Waals surface area contributed by atoms with Gasteiger partial charge in [-0.2, -0.15) is 0 Å². The van der Waals surface area contributed by atoms with Gasteiger partial charge in [-0.1, -0.05) is 11.6 Å². The average Bonchev–Trinajstić information content (AvgIpc) is 2.60. The van der Waals surface area contributed by atoms with E-state index in [1.807, 2.05) is 5.48 Å². The van der Waals surface area contributed by atoms with Crippen LogP contribution in [-0.2, 0) is 6.54 Å². The summed E-state index contributed by atoms with van der Waals surface area (Å²) < 4.78 is 10.2. The van der Waals surface area contributed by atoms with E-state index in [2.05, 4.69) is 0 Å². The average molecular weight is 218 g/mol. The summed E-state index contributed by atoms with van der Waals surface area (Å²) in [4.78, 5) is 0. The molecule has 0 unspecified atom stereocenters. The highest BCUT2D eigenvalue weighted by molar-refractivity contribution is 6.32. The Kier molecular flexibility index (Phi) is 2.37. The molecule has 1 heterocycles. The minimum absolute atomic E-state index is 0.0398. The smallest absolute Gasteiger partial charge is 0.231 e. The Balaban J connectivity index is 2.54. The Morgan fingerprint density at radius 3 is 3.00 bits per heavy atom. The van der Waals surface area contributed by atoms with Crippen LogP contribution in [-0.4, -0.2) is 17.1 Å². The summed E-state index contributed by atoms with van der Waals surface area (Å²) in [6, 6.07) is 1.47. The topological polar surface area (TPSA) is 71.0 Å². The molecule has 1 aromatic rings. The van der Waals surface area contributed by atoms with E-state index >= 15 is 0 Å². The SMILES string of the molecule is ONCc1c(O)c(Cl)cc2c1OCO2. The van der Waals surface area contributed by atoms with Crippen LogP contribution in [0.15, 0.2) is 6.07 Å². The first-order chi connectivity index (χ1) is 6.74. The van der Waals surface area contributed by atoms with Crippen molar-refractivity contribution in [2.75, 3.05) is 6.79 Å². The van der Waals surface area contributed by atoms with E-state index in [-0.39, 0.29) is 24.1 Å². The Labute approximate surface area is 84.8 Å². The van der Waals surface area contributed by atoms with Crippen molar-refractivity contribution >= 4 is 11.6 Å². The first-order valence-electron chi connectivity index (χ1n) is 3.91. The molecule has 3 N–H and O–H groups in total. The van der Waals surface area contributed by atoms with Crippen LogP contribution >= 0.6 is 11.6 Å². The number of rotatable bonds is 2. The van der Waals surface area contributed by atoms with E-state index in [0.29, 0.717) is 17.1 Å². The predicted octanol–water partition coefficient (Wildman–Crippen LogP) is 1.25. The second kappa shape index (κ2) is 3.53. The summed E-state index contributed by atoms with van der Waals surface area (Å²) in [5.74, 6) is 0.768. The highest BCUT2D eigenvalue weighted by Gasteiger charge is 2.23. The Bertz CT molecular complexity index is 369. The van der Waals surface area contributed by atoms with Crippen molar-refractivity contribution in [3.05, 3.63) is 16.7 Å². The number of halogens is 1. The Morgan fingerprint density at radius 2 is 2.29 bits per heavy atom. The molecular formula is C8H8ClNO4. The predicted molar refractivity (Wildman–Crippen MR) is 47.9 cm³/mol. The van der Waals surface area contributed by atoms with Crippen molar-refractivity contribution in [3.63, 3.8) is 0 Å². The molecule has 6 heteroatoms. The summed E-state index contributed by atoms with van der Waals surface area (Å²) in [6.07, 6.45) is 0. The minimum atomic E-state index is -0.113. The van der Waals surface area contributed by atoms with Gasteiger partial charge in [-0.05, 0) is 0 Å². The summed E-state index contributed by atoms with van der Waals surface area (Å²) in [7, 11) is 0. The maximum atomic E-state index is 9.57. The normalized spacial score (nSPS) is 13.3. The maximum absolute atomic E-state index is 9.57. The molecule has 0 aliphatic carbocycles. The first kappa shape index (κ1) is 9.39. The van der Waals surface area contributed by atoms with Crippen molar-refractivity contribution in [3.8, 4) is 17.2 Å². The lowest BCUT2D eigenvalue weighted by atomic mass is 10.1. The molecule has 1 aliphatic heterocycles. The number of nitrogens with one attached hydrogen (secondary N) is 1. The van der Waals surface area contributed by atoms with E-state index < -0.39 is 0 Å². The van der Waals surface area contributed by atoms with Gasteiger partial charge in [0.15, 0.2) is 11.5 Å². The number of benzene rings is 1. The van der Waals surface area contributed by atoms with Crippen LogP contribution in [0.25, 0.3) is 0 Å². The highest BCUT2D eigenvalue weighted by Crippen LogP contribution is 2.44. The fourth-order valence-electron chi connectivity index (χ4n) is 1.31. The van der Waals surface area contributed by atoms with Gasteiger partial charge >= 0.3 is 0 Å². The van der Waals surface area contributed by atoms with E-state index in [1.165, 1.54) is 6.07 Å². The van der Waals surface area contributed by atoms with Crippen LogP contribution in [0.4, 0.5) is 0 Å². The zero-order valence-corrected chi connectivity index (χ0v) is 7.84. The molecular weight excluding hydrogens is 210 g/mol. The van der Waals surface area contributed by atoms with Crippen molar-refractivity contribution in [1.29, 1.82) is 0 Å². The monoisotopic (exact) mass is 217 g/mol. The molecule has 0 amide bonds. The van der Waals surface area contributed by atoms with Gasteiger partial charge in [-0.3, -0.25) is 0 Å². The van der Waals surface area contributed by atoms with Gasteiger partial charge in [0.05, 0.1) is 17.1 Å². The molecule has 1 aliphatic rings. The first-order valence-corrected chi connectivity index (χ1v) is 4.28. The number of phenols is 1. The van der Waals surface area contributed by atoms with Crippen LogP contribution in [0.5, 0.6) is 17.2 Å². The third-order valence-electron chi connectivity index (χ3n) is 1.94. The summed E-state index contributed by atoms with van der Waals surface area (Å²) >= 11 is 5.74. The maximum Gasteiger partial charge on any atom is 0.231 e. The van der Waals surface area contributed by atoms with Gasteiger partial charge in [0.25, 0.3) is 0 Å². The van der Waals surface area contributed by atoms with Gasteiger partial charge in [0, 0.05) is 6.07 Å². The standard InChI is InChI=1S/C8H8ClNO4/c9-5-1-6-8(14-3-13-6)4(2-10-12)7(5)11/h1,10-12H,2-3H2. The van der Waals surface area contributed by atoms with E-state index in [9.17, 15) is 5.11 Å². The van der Waals surface area contributed by atoms with Crippen LogP contribution in [0.3, 0.4) is 0 Å². The summed E-state index contributed by atoms with van der Waals surface area (Å²) in [6.45, 7) is 0.131. The highest BCUT2D eigenvalue weighted by atomic mass is 35.5. The summed E-state index contributed by atoms with van der Waals surface area (Å²) in [5, 5.41) is 18.3.